The van der Waals surface area contributed by atoms with Crippen molar-refractivity contribution < 1.29 is 9.47 Å². The summed E-state index contributed by atoms with van der Waals surface area (Å²) in [5, 5.41) is 4.91. The Morgan fingerprint density at radius 2 is 1.68 bits per heavy atom. The Balaban J connectivity index is 0.00000320. The van der Waals surface area contributed by atoms with Crippen molar-refractivity contribution in [3.8, 4) is 22.6 Å². The van der Waals surface area contributed by atoms with E-state index in [1.54, 1.807) is 38.2 Å². The van der Waals surface area contributed by atoms with E-state index in [0.29, 0.717) is 5.39 Å². The Morgan fingerprint density at radius 3 is 2.38 bits per heavy atom. The number of benzene rings is 1. The number of hydrogen-bond donors (Lipinski definition) is 1. The highest BCUT2D eigenvalue weighted by molar-refractivity contribution is 5.97. The molecule has 0 unspecified atom stereocenters. The molecule has 0 aliphatic carbocycles. The highest BCUT2D eigenvalue weighted by Gasteiger charge is 2.23. The van der Waals surface area contributed by atoms with Crippen molar-refractivity contribution in [2.24, 2.45) is 13.0 Å². The molecule has 0 amide bonds. The second kappa shape index (κ2) is 12.3. The van der Waals surface area contributed by atoms with Gasteiger partial charge >= 0.3 is 0 Å². The second-order valence-corrected chi connectivity index (χ2v) is 10.0. The molecule has 0 saturated carbocycles. The van der Waals surface area contributed by atoms with Crippen LogP contribution in [-0.2, 0) is 13.6 Å². The minimum absolute atomic E-state index is 0. The first kappa shape index (κ1) is 27.4. The van der Waals surface area contributed by atoms with Crippen molar-refractivity contribution >= 4 is 23.2 Å². The van der Waals surface area contributed by atoms with E-state index in [1.165, 1.54) is 19.4 Å². The lowest BCUT2D eigenvalue weighted by molar-refractivity contribution is 0.106. The van der Waals surface area contributed by atoms with Gasteiger partial charge in [0.15, 0.2) is 0 Å². The summed E-state index contributed by atoms with van der Waals surface area (Å²) >= 11 is 0. The van der Waals surface area contributed by atoms with Gasteiger partial charge in [-0.25, -0.2) is 0 Å². The Morgan fingerprint density at radius 1 is 0.973 bits per heavy atom. The minimum Gasteiger partial charge on any atom is -0.496 e. The molecule has 2 saturated heterocycles. The van der Waals surface area contributed by atoms with E-state index in [2.05, 4.69) is 26.2 Å². The maximum absolute atomic E-state index is 12.7. The molecule has 0 radical (unpaired) electrons. The van der Waals surface area contributed by atoms with Crippen molar-refractivity contribution in [1.82, 2.24) is 24.7 Å². The standard InChI is InChI=1S/C28H37N5O3.ClH/c1-31-19-25(22-6-9-30-16-24(22)28(31)34)23-15-26(35-2)21(14-27(23)36-3)18-33-12-10-32(11-13-33)17-20-4-7-29-8-5-20;/h6,9,14-16,19-20,29H,4-5,7-8,10-13,17-18H2,1-3H3;1H. The third-order valence-electron chi connectivity index (χ3n) is 7.71. The number of piperazine rings is 1. The van der Waals surface area contributed by atoms with E-state index in [1.807, 2.05) is 18.3 Å². The molecule has 2 fully saturated rings. The lowest BCUT2D eigenvalue weighted by Crippen LogP contribution is -2.48. The van der Waals surface area contributed by atoms with Gasteiger partial charge < -0.3 is 24.3 Å². The molecule has 8 nitrogen and oxygen atoms in total. The smallest absolute Gasteiger partial charge is 0.259 e. The molecule has 0 bridgehead atoms. The molecular formula is C28H38ClN5O3. The Kier molecular flexibility index (Phi) is 9.08. The number of hydrogen-bond acceptors (Lipinski definition) is 7. The predicted octanol–water partition coefficient (Wildman–Crippen LogP) is 3.16. The van der Waals surface area contributed by atoms with Crippen LogP contribution in [-0.4, -0.2) is 79.4 Å². The largest absolute Gasteiger partial charge is 0.496 e. The van der Waals surface area contributed by atoms with Crippen LogP contribution >= 0.6 is 12.4 Å². The summed E-state index contributed by atoms with van der Waals surface area (Å²) in [7, 11) is 5.18. The molecule has 3 aromatic rings. The summed E-state index contributed by atoms with van der Waals surface area (Å²) in [6, 6.07) is 6.02. The molecule has 4 heterocycles. The molecule has 1 aromatic carbocycles. The van der Waals surface area contributed by atoms with Gasteiger partial charge in [-0.1, -0.05) is 0 Å². The van der Waals surface area contributed by atoms with Gasteiger partial charge in [-0.3, -0.25) is 14.7 Å². The molecule has 5 rings (SSSR count). The lowest BCUT2D eigenvalue weighted by atomic mass is 9.97. The number of piperidine rings is 1. The Hall–Kier alpha value is -2.65. The first-order valence-corrected chi connectivity index (χ1v) is 12.9. The van der Waals surface area contributed by atoms with Crippen molar-refractivity contribution in [2.75, 3.05) is 60.0 Å². The highest BCUT2D eigenvalue weighted by atomic mass is 35.5. The van der Waals surface area contributed by atoms with Gasteiger partial charge in [-0.15, -0.1) is 12.4 Å². The zero-order chi connectivity index (χ0) is 25.1. The number of nitrogens with one attached hydrogen (secondary N) is 1. The summed E-state index contributed by atoms with van der Waals surface area (Å²) in [6.45, 7) is 8.69. The van der Waals surface area contributed by atoms with Crippen LogP contribution in [0.4, 0.5) is 0 Å². The Labute approximate surface area is 225 Å². The first-order valence-electron chi connectivity index (χ1n) is 12.9. The predicted molar refractivity (Wildman–Crippen MR) is 150 cm³/mol. The molecule has 9 heteroatoms. The summed E-state index contributed by atoms with van der Waals surface area (Å²) in [6.07, 6.45) is 7.80. The molecular weight excluding hydrogens is 490 g/mol. The molecule has 1 N–H and O–H groups in total. The number of nitrogens with zero attached hydrogens (tertiary/aromatic N) is 4. The average Bonchev–Trinajstić information content (AvgIpc) is 2.92. The molecule has 37 heavy (non-hydrogen) atoms. The van der Waals surface area contributed by atoms with Crippen LogP contribution in [0.2, 0.25) is 0 Å². The maximum atomic E-state index is 12.7. The number of methoxy groups -OCH3 is 2. The van der Waals surface area contributed by atoms with Gasteiger partial charge in [-0.05, 0) is 55.4 Å². The highest BCUT2D eigenvalue weighted by Crippen LogP contribution is 2.39. The van der Waals surface area contributed by atoms with Crippen LogP contribution in [0.15, 0.2) is 41.6 Å². The molecule has 2 aliphatic rings. The number of aryl methyl sites for hydroxylation is 1. The number of ether oxygens (including phenoxy) is 2. The number of fused-ring (bicyclic) bond motifs is 1. The van der Waals surface area contributed by atoms with Gasteiger partial charge in [0, 0.05) is 81.6 Å². The molecule has 0 spiro atoms. The van der Waals surface area contributed by atoms with Gasteiger partial charge in [-0.2, -0.15) is 0 Å². The van der Waals surface area contributed by atoms with Gasteiger partial charge in [0.05, 0.1) is 19.6 Å². The van der Waals surface area contributed by atoms with Crippen LogP contribution in [0.5, 0.6) is 11.5 Å². The third kappa shape index (κ3) is 5.93. The number of halogens is 1. The van der Waals surface area contributed by atoms with E-state index in [4.69, 9.17) is 9.47 Å². The van der Waals surface area contributed by atoms with Crippen molar-refractivity contribution in [3.05, 3.63) is 52.7 Å². The van der Waals surface area contributed by atoms with Crippen molar-refractivity contribution in [2.45, 2.75) is 19.4 Å². The van der Waals surface area contributed by atoms with Crippen molar-refractivity contribution in [1.29, 1.82) is 0 Å². The van der Waals surface area contributed by atoms with Gasteiger partial charge in [0.1, 0.15) is 11.5 Å². The topological polar surface area (TPSA) is 71.9 Å². The summed E-state index contributed by atoms with van der Waals surface area (Å²) in [5.41, 5.74) is 2.86. The lowest BCUT2D eigenvalue weighted by Gasteiger charge is -2.37. The van der Waals surface area contributed by atoms with Gasteiger partial charge in [0.25, 0.3) is 5.56 Å². The van der Waals surface area contributed by atoms with E-state index < -0.39 is 0 Å². The molecule has 200 valence electrons. The number of rotatable bonds is 7. The van der Waals surface area contributed by atoms with E-state index in [0.717, 1.165) is 85.3 Å². The molecule has 2 aromatic heterocycles. The fraction of sp³-hybridized carbons (Fsp3) is 0.500. The normalized spacial score (nSPS) is 17.5. The van der Waals surface area contributed by atoms with E-state index >= 15 is 0 Å². The third-order valence-corrected chi connectivity index (χ3v) is 7.71. The van der Waals surface area contributed by atoms with Crippen LogP contribution in [0, 0.1) is 5.92 Å². The first-order chi connectivity index (χ1) is 17.6. The summed E-state index contributed by atoms with van der Waals surface area (Å²) < 4.78 is 13.3. The van der Waals surface area contributed by atoms with Crippen LogP contribution < -0.4 is 20.3 Å². The minimum atomic E-state index is -0.0660. The van der Waals surface area contributed by atoms with E-state index in [-0.39, 0.29) is 18.0 Å². The fourth-order valence-electron chi connectivity index (χ4n) is 5.62. The van der Waals surface area contributed by atoms with Crippen LogP contribution in [0.1, 0.15) is 18.4 Å². The second-order valence-electron chi connectivity index (χ2n) is 10.0. The monoisotopic (exact) mass is 527 g/mol. The summed E-state index contributed by atoms with van der Waals surface area (Å²) in [4.78, 5) is 22.0. The number of aromatic nitrogens is 2. The van der Waals surface area contributed by atoms with E-state index in [9.17, 15) is 4.79 Å². The van der Waals surface area contributed by atoms with Crippen LogP contribution in [0.3, 0.4) is 0 Å². The molecule has 0 atom stereocenters. The quantitative estimate of drug-likeness (QED) is 0.506. The van der Waals surface area contributed by atoms with Crippen molar-refractivity contribution in [3.63, 3.8) is 0 Å². The average molecular weight is 528 g/mol. The summed E-state index contributed by atoms with van der Waals surface area (Å²) in [5.74, 6) is 2.44. The zero-order valence-corrected chi connectivity index (χ0v) is 22.9. The number of pyridine rings is 2. The zero-order valence-electron chi connectivity index (χ0n) is 22.0. The van der Waals surface area contributed by atoms with Crippen LogP contribution in [0.25, 0.3) is 21.9 Å². The fourth-order valence-corrected chi connectivity index (χ4v) is 5.62. The molecule has 2 aliphatic heterocycles. The Bertz CT molecular complexity index is 1270. The maximum Gasteiger partial charge on any atom is 0.259 e. The SMILES string of the molecule is COc1cc(-c2cn(C)c(=O)c3cnccc23)c(OC)cc1CN1CCN(CC2CCNCC2)CC1.Cl. The van der Waals surface area contributed by atoms with Gasteiger partial charge in [0.2, 0.25) is 0 Å².